The lowest BCUT2D eigenvalue weighted by Gasteiger charge is -2.18. The zero-order chi connectivity index (χ0) is 21.8. The molecule has 30 heavy (non-hydrogen) atoms. The molecule has 6 nitrogen and oxygen atoms in total. The molecule has 1 aliphatic rings. The Balaban J connectivity index is 1.66. The molecular weight excluding hydrogens is 383 g/mol. The number of carbonyl (C=O) groups is 2. The van der Waals surface area contributed by atoms with Crippen molar-refractivity contribution in [2.75, 3.05) is 31.5 Å². The Kier molecular flexibility index (Phi) is 6.92. The standard InChI is InChI=1S/C23H31FN4O2/c1-5-28(6-2)12-11-25-23(30)21-14(3)19(26-15(21)4)10-8-17-18-13-16(24)7-9-20(18)27-22(17)29/h7,9,13,17,26H,5-6,8,10-12H2,1-4H3,(H,25,30)(H,27,29). The normalized spacial score (nSPS) is 15.4. The summed E-state index contributed by atoms with van der Waals surface area (Å²) in [5.41, 5.74) is 4.73. The lowest BCUT2D eigenvalue weighted by Crippen LogP contribution is -2.35. The van der Waals surface area contributed by atoms with Gasteiger partial charge in [0.05, 0.1) is 11.5 Å². The summed E-state index contributed by atoms with van der Waals surface area (Å²) < 4.78 is 13.6. The fourth-order valence-corrected chi connectivity index (χ4v) is 4.23. The minimum Gasteiger partial charge on any atom is -0.362 e. The molecule has 0 saturated carbocycles. The van der Waals surface area contributed by atoms with Crippen LogP contribution in [0.5, 0.6) is 0 Å². The molecule has 7 heteroatoms. The van der Waals surface area contributed by atoms with Crippen molar-refractivity contribution in [2.45, 2.75) is 46.5 Å². The summed E-state index contributed by atoms with van der Waals surface area (Å²) in [6.07, 6.45) is 1.15. The van der Waals surface area contributed by atoms with Gasteiger partial charge in [0.1, 0.15) is 5.82 Å². The number of anilines is 1. The number of fused-ring (bicyclic) bond motifs is 1. The van der Waals surface area contributed by atoms with E-state index < -0.39 is 0 Å². The smallest absolute Gasteiger partial charge is 0.253 e. The van der Waals surface area contributed by atoms with E-state index in [1.54, 1.807) is 6.07 Å². The number of benzene rings is 1. The molecule has 0 saturated heterocycles. The fourth-order valence-electron chi connectivity index (χ4n) is 4.23. The van der Waals surface area contributed by atoms with Crippen LogP contribution in [-0.4, -0.2) is 47.9 Å². The minimum absolute atomic E-state index is 0.0781. The van der Waals surface area contributed by atoms with E-state index in [0.29, 0.717) is 36.2 Å². The van der Waals surface area contributed by atoms with Gasteiger partial charge in [0.15, 0.2) is 0 Å². The van der Waals surface area contributed by atoms with Crippen LogP contribution in [0.3, 0.4) is 0 Å². The number of aryl methyl sites for hydroxylation is 2. The largest absolute Gasteiger partial charge is 0.362 e. The van der Waals surface area contributed by atoms with Crippen molar-refractivity contribution in [3.05, 3.63) is 52.1 Å². The van der Waals surface area contributed by atoms with Crippen molar-refractivity contribution in [1.82, 2.24) is 15.2 Å². The Labute approximate surface area is 177 Å². The number of hydrogen-bond acceptors (Lipinski definition) is 3. The first-order chi connectivity index (χ1) is 14.3. The molecule has 1 atom stereocenters. The van der Waals surface area contributed by atoms with E-state index in [4.69, 9.17) is 0 Å². The third-order valence-electron chi connectivity index (χ3n) is 6.02. The molecule has 0 aliphatic carbocycles. The van der Waals surface area contributed by atoms with E-state index in [-0.39, 0.29) is 23.5 Å². The zero-order valence-electron chi connectivity index (χ0n) is 18.2. The van der Waals surface area contributed by atoms with Gasteiger partial charge in [-0.3, -0.25) is 9.59 Å². The Bertz CT molecular complexity index is 934. The molecule has 1 unspecified atom stereocenters. The summed E-state index contributed by atoms with van der Waals surface area (Å²) in [5, 5.41) is 5.83. The van der Waals surface area contributed by atoms with E-state index in [1.165, 1.54) is 12.1 Å². The highest BCUT2D eigenvalue weighted by atomic mass is 19.1. The summed E-state index contributed by atoms with van der Waals surface area (Å²) in [7, 11) is 0. The molecule has 3 N–H and O–H groups in total. The van der Waals surface area contributed by atoms with Crippen LogP contribution in [0.4, 0.5) is 10.1 Å². The molecule has 0 bridgehead atoms. The van der Waals surface area contributed by atoms with Crippen LogP contribution < -0.4 is 10.6 Å². The molecule has 0 fully saturated rings. The third-order valence-corrected chi connectivity index (χ3v) is 6.02. The van der Waals surface area contributed by atoms with Crippen LogP contribution in [0.1, 0.15) is 59.1 Å². The summed E-state index contributed by atoms with van der Waals surface area (Å²) in [4.78, 5) is 30.6. The number of likely N-dealkylation sites (N-methyl/N-ethyl adjacent to an activating group) is 1. The molecule has 2 amide bonds. The second-order valence-corrected chi connectivity index (χ2v) is 7.82. The number of nitrogens with zero attached hydrogens (tertiary/aromatic N) is 1. The molecule has 3 rings (SSSR count). The van der Waals surface area contributed by atoms with Gasteiger partial charge in [-0.2, -0.15) is 0 Å². The van der Waals surface area contributed by atoms with Crippen LogP contribution in [-0.2, 0) is 11.2 Å². The van der Waals surface area contributed by atoms with E-state index in [0.717, 1.165) is 36.6 Å². The topological polar surface area (TPSA) is 77.2 Å². The summed E-state index contributed by atoms with van der Waals surface area (Å²) >= 11 is 0. The quantitative estimate of drug-likeness (QED) is 0.588. The Morgan fingerprint density at radius 1 is 1.23 bits per heavy atom. The maximum Gasteiger partial charge on any atom is 0.253 e. The second-order valence-electron chi connectivity index (χ2n) is 7.82. The van der Waals surface area contributed by atoms with E-state index in [9.17, 15) is 14.0 Å². The van der Waals surface area contributed by atoms with Crippen molar-refractivity contribution >= 4 is 17.5 Å². The molecule has 0 radical (unpaired) electrons. The molecule has 1 aliphatic heterocycles. The van der Waals surface area contributed by atoms with Gasteiger partial charge in [-0.05, 0) is 69.1 Å². The van der Waals surface area contributed by atoms with Gasteiger partial charge in [0.2, 0.25) is 5.91 Å². The van der Waals surface area contributed by atoms with Crippen LogP contribution >= 0.6 is 0 Å². The van der Waals surface area contributed by atoms with Gasteiger partial charge in [-0.1, -0.05) is 13.8 Å². The predicted molar refractivity (Wildman–Crippen MR) is 116 cm³/mol. The summed E-state index contributed by atoms with van der Waals surface area (Å²) in [5.74, 6) is -0.910. The SMILES string of the molecule is CCN(CC)CCNC(=O)c1c(C)[nH]c(CCC2C(=O)Nc3ccc(F)cc32)c1C. The number of rotatable bonds is 9. The van der Waals surface area contributed by atoms with Gasteiger partial charge in [0, 0.05) is 30.2 Å². The van der Waals surface area contributed by atoms with Crippen LogP contribution in [0.25, 0.3) is 0 Å². The number of carbonyl (C=O) groups excluding carboxylic acids is 2. The summed E-state index contributed by atoms with van der Waals surface area (Å²) in [6.45, 7) is 11.4. The first-order valence-electron chi connectivity index (χ1n) is 10.6. The van der Waals surface area contributed by atoms with E-state index in [2.05, 4.69) is 34.4 Å². The van der Waals surface area contributed by atoms with Crippen molar-refractivity contribution in [2.24, 2.45) is 0 Å². The van der Waals surface area contributed by atoms with Crippen molar-refractivity contribution in [1.29, 1.82) is 0 Å². The molecule has 1 aromatic carbocycles. The van der Waals surface area contributed by atoms with Crippen LogP contribution in [0.2, 0.25) is 0 Å². The third kappa shape index (κ3) is 4.56. The number of hydrogen-bond donors (Lipinski definition) is 3. The number of H-pyrrole nitrogens is 1. The number of aromatic amines is 1. The average Bonchev–Trinajstić information content (AvgIpc) is 3.18. The predicted octanol–water partition coefficient (Wildman–Crippen LogP) is 3.51. The van der Waals surface area contributed by atoms with Gasteiger partial charge in [-0.25, -0.2) is 4.39 Å². The highest BCUT2D eigenvalue weighted by Crippen LogP contribution is 2.36. The Hall–Kier alpha value is -2.67. The second kappa shape index (κ2) is 9.43. The van der Waals surface area contributed by atoms with Gasteiger partial charge in [0.25, 0.3) is 5.91 Å². The first kappa shape index (κ1) is 22.0. The van der Waals surface area contributed by atoms with Crippen LogP contribution in [0, 0.1) is 19.7 Å². The molecule has 1 aromatic heterocycles. The zero-order valence-corrected chi connectivity index (χ0v) is 18.2. The van der Waals surface area contributed by atoms with Gasteiger partial charge >= 0.3 is 0 Å². The van der Waals surface area contributed by atoms with Gasteiger partial charge in [-0.15, -0.1) is 0 Å². The number of halogens is 1. The maximum atomic E-state index is 13.6. The van der Waals surface area contributed by atoms with Crippen molar-refractivity contribution in [3.8, 4) is 0 Å². The number of nitrogens with one attached hydrogen (secondary N) is 3. The molecular formula is C23H31FN4O2. The number of aromatic nitrogens is 1. The summed E-state index contributed by atoms with van der Waals surface area (Å²) in [6, 6.07) is 4.39. The molecule has 162 valence electrons. The van der Waals surface area contributed by atoms with Crippen molar-refractivity contribution in [3.63, 3.8) is 0 Å². The van der Waals surface area contributed by atoms with Crippen molar-refractivity contribution < 1.29 is 14.0 Å². The maximum absolute atomic E-state index is 13.6. The van der Waals surface area contributed by atoms with E-state index in [1.807, 2.05) is 13.8 Å². The highest BCUT2D eigenvalue weighted by Gasteiger charge is 2.31. The van der Waals surface area contributed by atoms with Crippen LogP contribution in [0.15, 0.2) is 18.2 Å². The fraction of sp³-hybridized carbons (Fsp3) is 0.478. The van der Waals surface area contributed by atoms with E-state index >= 15 is 0 Å². The molecule has 2 aromatic rings. The van der Waals surface area contributed by atoms with Gasteiger partial charge < -0.3 is 20.5 Å². The molecule has 0 spiro atoms. The molecule has 2 heterocycles. The average molecular weight is 415 g/mol. The Morgan fingerprint density at radius 2 is 1.97 bits per heavy atom. The number of amides is 2. The highest BCUT2D eigenvalue weighted by molar-refractivity contribution is 6.02. The lowest BCUT2D eigenvalue weighted by molar-refractivity contribution is -0.117. The monoisotopic (exact) mass is 414 g/mol. The minimum atomic E-state index is -0.384. The first-order valence-corrected chi connectivity index (χ1v) is 10.6. The lowest BCUT2D eigenvalue weighted by atomic mass is 9.94. The Morgan fingerprint density at radius 3 is 2.67 bits per heavy atom.